The van der Waals surface area contributed by atoms with E-state index in [0.717, 1.165) is 16.7 Å². The second-order valence-electron chi connectivity index (χ2n) is 5.21. The lowest BCUT2D eigenvalue weighted by Gasteiger charge is -2.26. The topological polar surface area (TPSA) is 39.9 Å². The largest absolute Gasteiger partial charge is 0.356 e. The first-order valence-corrected chi connectivity index (χ1v) is 6.82. The molecule has 1 fully saturated rings. The van der Waals surface area contributed by atoms with E-state index < -0.39 is 0 Å². The molecule has 0 spiro atoms. The summed E-state index contributed by atoms with van der Waals surface area (Å²) in [5.74, 6) is 0.827. The Balaban J connectivity index is 2.08. The summed E-state index contributed by atoms with van der Waals surface area (Å²) in [6, 6.07) is 12.7. The van der Waals surface area contributed by atoms with Gasteiger partial charge in [-0.2, -0.15) is 5.26 Å². The minimum Gasteiger partial charge on any atom is -0.356 e. The zero-order valence-electron chi connectivity index (χ0n) is 11.1. The van der Waals surface area contributed by atoms with Crippen molar-refractivity contribution in [2.24, 2.45) is 0 Å². The molecule has 0 radical (unpaired) electrons. The van der Waals surface area contributed by atoms with Crippen LogP contribution >= 0.6 is 0 Å². The minimum atomic E-state index is 0.528. The fourth-order valence-electron chi connectivity index (χ4n) is 2.92. The lowest BCUT2D eigenvalue weighted by molar-refractivity contribution is 0.647. The molecule has 0 bridgehead atoms. The molecule has 3 rings (SSSR count). The van der Waals surface area contributed by atoms with Gasteiger partial charge in [0.1, 0.15) is 11.9 Å². The number of pyridine rings is 1. The van der Waals surface area contributed by atoms with Gasteiger partial charge in [0.05, 0.1) is 11.1 Å². The van der Waals surface area contributed by atoms with Crippen LogP contribution in [-0.4, -0.2) is 18.1 Å². The van der Waals surface area contributed by atoms with E-state index in [2.05, 4.69) is 18.0 Å². The van der Waals surface area contributed by atoms with Gasteiger partial charge in [0.2, 0.25) is 0 Å². The summed E-state index contributed by atoms with van der Waals surface area (Å²) < 4.78 is 0. The van der Waals surface area contributed by atoms with Gasteiger partial charge in [-0.05, 0) is 25.0 Å². The number of hydrogen-bond donors (Lipinski definition) is 0. The van der Waals surface area contributed by atoms with Crippen LogP contribution in [-0.2, 0) is 0 Å². The van der Waals surface area contributed by atoms with Crippen molar-refractivity contribution in [3.63, 3.8) is 0 Å². The van der Waals surface area contributed by atoms with E-state index >= 15 is 0 Å². The van der Waals surface area contributed by atoms with Crippen LogP contribution < -0.4 is 4.90 Å². The summed E-state index contributed by atoms with van der Waals surface area (Å²) >= 11 is 0. The molecule has 0 aliphatic heterocycles. The molecule has 1 aromatic heterocycles. The Bertz CT molecular complexity index is 636. The third kappa shape index (κ3) is 2.15. The van der Waals surface area contributed by atoms with Crippen molar-refractivity contribution in [1.29, 1.82) is 5.26 Å². The maximum atomic E-state index is 9.35. The molecule has 3 heteroatoms. The predicted octanol–water partition coefficient (Wildman–Crippen LogP) is 3.49. The van der Waals surface area contributed by atoms with Gasteiger partial charge in [0.25, 0.3) is 0 Å². The van der Waals surface area contributed by atoms with Gasteiger partial charge in [-0.1, -0.05) is 31.0 Å². The number of aromatic nitrogens is 1. The highest BCUT2D eigenvalue weighted by Gasteiger charge is 2.22. The predicted molar refractivity (Wildman–Crippen MR) is 77.1 cm³/mol. The molecule has 1 aromatic carbocycles. The first kappa shape index (κ1) is 12.0. The Morgan fingerprint density at radius 1 is 1.26 bits per heavy atom. The number of rotatable bonds is 2. The summed E-state index contributed by atoms with van der Waals surface area (Å²) in [6.07, 6.45) is 4.97. The Hall–Kier alpha value is -2.08. The highest BCUT2D eigenvalue weighted by Crippen LogP contribution is 2.29. The molecule has 2 aromatic rings. The molecule has 1 saturated carbocycles. The normalized spacial score (nSPS) is 15.6. The van der Waals surface area contributed by atoms with Crippen LogP contribution in [0.1, 0.15) is 31.2 Å². The second-order valence-corrected chi connectivity index (χ2v) is 5.21. The van der Waals surface area contributed by atoms with Crippen molar-refractivity contribution in [3.8, 4) is 6.07 Å². The van der Waals surface area contributed by atoms with Crippen LogP contribution in [0.4, 0.5) is 5.82 Å². The molecular formula is C16H17N3. The maximum absolute atomic E-state index is 9.35. The second kappa shape index (κ2) is 4.89. The van der Waals surface area contributed by atoms with Crippen molar-refractivity contribution in [3.05, 3.63) is 35.9 Å². The molecule has 1 aliphatic carbocycles. The molecule has 0 amide bonds. The maximum Gasteiger partial charge on any atom is 0.147 e. The smallest absolute Gasteiger partial charge is 0.147 e. The standard InChI is InChI=1S/C16H17N3/c1-19(14-7-3-4-8-14)16-13(11-17)10-12-6-2-5-9-15(12)18-16/h2,5-6,9-10,14H,3-4,7-8H2,1H3. The summed E-state index contributed by atoms with van der Waals surface area (Å²) in [4.78, 5) is 6.89. The lowest BCUT2D eigenvalue weighted by Crippen LogP contribution is -2.30. The van der Waals surface area contributed by atoms with Crippen LogP contribution in [0.3, 0.4) is 0 Å². The first-order valence-electron chi connectivity index (χ1n) is 6.82. The van der Waals surface area contributed by atoms with Crippen molar-refractivity contribution >= 4 is 16.7 Å². The Labute approximate surface area is 113 Å². The monoisotopic (exact) mass is 251 g/mol. The SMILES string of the molecule is CN(c1nc2ccccc2cc1C#N)C1CCCC1. The number of fused-ring (bicyclic) bond motifs is 1. The van der Waals surface area contributed by atoms with Gasteiger partial charge >= 0.3 is 0 Å². The zero-order valence-corrected chi connectivity index (χ0v) is 11.1. The fourth-order valence-corrected chi connectivity index (χ4v) is 2.92. The third-order valence-corrected chi connectivity index (χ3v) is 4.03. The molecule has 0 N–H and O–H groups in total. The summed E-state index contributed by atoms with van der Waals surface area (Å²) in [5.41, 5.74) is 1.63. The van der Waals surface area contributed by atoms with Crippen molar-refractivity contribution < 1.29 is 0 Å². The molecule has 0 unspecified atom stereocenters. The Morgan fingerprint density at radius 3 is 2.74 bits per heavy atom. The van der Waals surface area contributed by atoms with E-state index in [0.29, 0.717) is 11.6 Å². The molecule has 1 heterocycles. The van der Waals surface area contributed by atoms with Gasteiger partial charge in [-0.15, -0.1) is 0 Å². The molecule has 1 aliphatic rings. The zero-order chi connectivity index (χ0) is 13.2. The quantitative estimate of drug-likeness (QED) is 0.820. The van der Waals surface area contributed by atoms with E-state index in [4.69, 9.17) is 4.98 Å². The number of benzene rings is 1. The molecule has 96 valence electrons. The van der Waals surface area contributed by atoms with Crippen LogP contribution in [0.15, 0.2) is 30.3 Å². The summed E-state index contributed by atoms with van der Waals surface area (Å²) in [5, 5.41) is 10.4. The van der Waals surface area contributed by atoms with Gasteiger partial charge in [-0.25, -0.2) is 4.98 Å². The molecule has 19 heavy (non-hydrogen) atoms. The van der Waals surface area contributed by atoms with E-state index in [1.807, 2.05) is 30.3 Å². The number of nitriles is 1. The van der Waals surface area contributed by atoms with E-state index in [9.17, 15) is 5.26 Å². The van der Waals surface area contributed by atoms with Gasteiger partial charge in [-0.3, -0.25) is 0 Å². The van der Waals surface area contributed by atoms with Crippen LogP contribution in [0.5, 0.6) is 0 Å². The van der Waals surface area contributed by atoms with Gasteiger partial charge < -0.3 is 4.90 Å². The van der Waals surface area contributed by atoms with E-state index in [1.54, 1.807) is 0 Å². The number of hydrogen-bond acceptors (Lipinski definition) is 3. The van der Waals surface area contributed by atoms with E-state index in [-0.39, 0.29) is 0 Å². The van der Waals surface area contributed by atoms with Crippen LogP contribution in [0.2, 0.25) is 0 Å². The first-order chi connectivity index (χ1) is 9.29. The van der Waals surface area contributed by atoms with Gasteiger partial charge in [0, 0.05) is 18.5 Å². The highest BCUT2D eigenvalue weighted by molar-refractivity contribution is 5.83. The van der Waals surface area contributed by atoms with Crippen LogP contribution in [0.25, 0.3) is 10.9 Å². The third-order valence-electron chi connectivity index (χ3n) is 4.03. The number of anilines is 1. The Morgan fingerprint density at radius 2 is 2.00 bits per heavy atom. The van der Waals surface area contributed by atoms with Crippen molar-refractivity contribution in [2.45, 2.75) is 31.7 Å². The minimum absolute atomic E-state index is 0.528. The highest BCUT2D eigenvalue weighted by atomic mass is 15.2. The molecule has 3 nitrogen and oxygen atoms in total. The lowest BCUT2D eigenvalue weighted by atomic mass is 10.1. The summed E-state index contributed by atoms with van der Waals surface area (Å²) in [6.45, 7) is 0. The average Bonchev–Trinajstić information content (AvgIpc) is 2.99. The Kier molecular flexibility index (Phi) is 3.08. The summed E-state index contributed by atoms with van der Waals surface area (Å²) in [7, 11) is 2.06. The van der Waals surface area contributed by atoms with Crippen molar-refractivity contribution in [2.75, 3.05) is 11.9 Å². The van der Waals surface area contributed by atoms with Gasteiger partial charge in [0.15, 0.2) is 0 Å². The number of nitrogens with zero attached hydrogens (tertiary/aromatic N) is 3. The fraction of sp³-hybridized carbons (Fsp3) is 0.375. The molecule has 0 saturated heterocycles. The van der Waals surface area contributed by atoms with Crippen molar-refractivity contribution in [1.82, 2.24) is 4.98 Å². The van der Waals surface area contributed by atoms with E-state index in [1.165, 1.54) is 25.7 Å². The molecular weight excluding hydrogens is 234 g/mol. The molecule has 0 atom stereocenters. The number of para-hydroxylation sites is 1. The van der Waals surface area contributed by atoms with Crippen LogP contribution in [0, 0.1) is 11.3 Å². The average molecular weight is 251 g/mol.